The fraction of sp³-hybridized carbons (Fsp3) is 0.312. The summed E-state index contributed by atoms with van der Waals surface area (Å²) in [6.45, 7) is 1.99. The minimum Gasteiger partial charge on any atom is -0.470 e. The molecule has 0 aliphatic rings. The molecule has 1 heterocycles. The van der Waals surface area contributed by atoms with Crippen LogP contribution in [0.4, 0.5) is 0 Å². The van der Waals surface area contributed by atoms with Crippen molar-refractivity contribution in [1.82, 2.24) is 15.1 Å². The average Bonchev–Trinajstić information content (AvgIpc) is 3.08. The topological polar surface area (TPSA) is 82.5 Å². The molecule has 0 unspecified atom stereocenters. The van der Waals surface area contributed by atoms with Crippen LogP contribution in [0.3, 0.4) is 0 Å². The van der Waals surface area contributed by atoms with Crippen molar-refractivity contribution in [1.29, 1.82) is 0 Å². The van der Waals surface area contributed by atoms with E-state index in [-0.39, 0.29) is 24.8 Å². The Kier molecular flexibility index (Phi) is 7.80. The molecule has 0 spiro atoms. The molecule has 1 aromatic heterocycles. The highest BCUT2D eigenvalue weighted by atomic mass is 79.9. The van der Waals surface area contributed by atoms with Gasteiger partial charge in [0.1, 0.15) is 17.5 Å². The van der Waals surface area contributed by atoms with Crippen LogP contribution in [0.15, 0.2) is 34.9 Å². The number of nitrogens with zero attached hydrogens (tertiary/aromatic N) is 2. The molecule has 0 radical (unpaired) electrons. The average molecular weight is 463 g/mol. The SMILES string of the molecule is CCOC(=O)[C@H](CS)NC(=O)c1ccn(COc2ccc(Br)cc2Cl)n1. The minimum absolute atomic E-state index is 0.0719. The molecule has 0 aliphatic heterocycles. The lowest BCUT2D eigenvalue weighted by Gasteiger charge is -2.14. The summed E-state index contributed by atoms with van der Waals surface area (Å²) in [5.41, 5.74) is 0.145. The summed E-state index contributed by atoms with van der Waals surface area (Å²) in [4.78, 5) is 23.9. The molecule has 2 aromatic rings. The summed E-state index contributed by atoms with van der Waals surface area (Å²) in [6, 6.07) is 5.92. The zero-order chi connectivity index (χ0) is 19.1. The summed E-state index contributed by atoms with van der Waals surface area (Å²) in [5, 5.41) is 7.11. The van der Waals surface area contributed by atoms with Gasteiger partial charge in [-0.2, -0.15) is 17.7 Å². The Morgan fingerprint density at radius 3 is 2.85 bits per heavy atom. The van der Waals surface area contributed by atoms with Crippen LogP contribution in [0.25, 0.3) is 0 Å². The lowest BCUT2D eigenvalue weighted by atomic mass is 10.3. The van der Waals surface area contributed by atoms with Crippen LogP contribution in [-0.4, -0.2) is 40.1 Å². The van der Waals surface area contributed by atoms with Gasteiger partial charge in [-0.05, 0) is 31.2 Å². The number of esters is 1. The third-order valence-electron chi connectivity index (χ3n) is 3.18. The van der Waals surface area contributed by atoms with Crippen molar-refractivity contribution in [3.8, 4) is 5.75 Å². The fourth-order valence-corrected chi connectivity index (χ4v) is 2.91. The van der Waals surface area contributed by atoms with Gasteiger partial charge in [0.05, 0.1) is 11.6 Å². The summed E-state index contributed by atoms with van der Waals surface area (Å²) in [6.07, 6.45) is 1.59. The van der Waals surface area contributed by atoms with Crippen LogP contribution >= 0.6 is 40.2 Å². The highest BCUT2D eigenvalue weighted by Gasteiger charge is 2.22. The van der Waals surface area contributed by atoms with Gasteiger partial charge < -0.3 is 14.8 Å². The maximum absolute atomic E-state index is 12.2. The summed E-state index contributed by atoms with van der Waals surface area (Å²) in [7, 11) is 0. The van der Waals surface area contributed by atoms with E-state index in [9.17, 15) is 9.59 Å². The molecule has 26 heavy (non-hydrogen) atoms. The van der Waals surface area contributed by atoms with Crippen LogP contribution in [0.1, 0.15) is 17.4 Å². The Morgan fingerprint density at radius 2 is 2.19 bits per heavy atom. The number of ether oxygens (including phenoxy) is 2. The first-order valence-corrected chi connectivity index (χ1v) is 9.44. The molecular formula is C16H17BrClN3O4S. The summed E-state index contributed by atoms with van der Waals surface area (Å²) < 4.78 is 12.7. The maximum atomic E-state index is 12.2. The molecule has 1 N–H and O–H groups in total. The van der Waals surface area contributed by atoms with Crippen LogP contribution in [0.5, 0.6) is 5.75 Å². The Hall–Kier alpha value is -1.71. The number of carbonyl (C=O) groups excluding carboxylic acids is 2. The van der Waals surface area contributed by atoms with Crippen molar-refractivity contribution in [3.63, 3.8) is 0 Å². The predicted molar refractivity (Wildman–Crippen MR) is 104 cm³/mol. The van der Waals surface area contributed by atoms with E-state index in [4.69, 9.17) is 21.1 Å². The van der Waals surface area contributed by atoms with Crippen molar-refractivity contribution in [3.05, 3.63) is 45.7 Å². The van der Waals surface area contributed by atoms with E-state index in [0.717, 1.165) is 4.47 Å². The Bertz CT molecular complexity index is 787. The second-order valence-corrected chi connectivity index (χ2v) is 6.74. The molecule has 0 saturated heterocycles. The van der Waals surface area contributed by atoms with Crippen LogP contribution in [0.2, 0.25) is 5.02 Å². The highest BCUT2D eigenvalue weighted by Crippen LogP contribution is 2.27. The number of hydrogen-bond acceptors (Lipinski definition) is 6. The number of benzene rings is 1. The number of nitrogens with one attached hydrogen (secondary N) is 1. The van der Waals surface area contributed by atoms with Gasteiger partial charge in [-0.1, -0.05) is 27.5 Å². The zero-order valence-electron chi connectivity index (χ0n) is 13.8. The molecule has 0 bridgehead atoms. The Labute approximate surface area is 169 Å². The van der Waals surface area contributed by atoms with Crippen molar-refractivity contribution in [2.75, 3.05) is 12.4 Å². The number of aromatic nitrogens is 2. The molecular weight excluding hydrogens is 446 g/mol. The number of halogens is 2. The smallest absolute Gasteiger partial charge is 0.329 e. The van der Waals surface area contributed by atoms with Gasteiger partial charge >= 0.3 is 5.97 Å². The van der Waals surface area contributed by atoms with Gasteiger partial charge in [0.2, 0.25) is 0 Å². The third kappa shape index (κ3) is 5.65. The predicted octanol–water partition coefficient (Wildman–Crippen LogP) is 2.93. The third-order valence-corrected chi connectivity index (χ3v) is 4.33. The molecule has 10 heteroatoms. The number of amides is 1. The highest BCUT2D eigenvalue weighted by molar-refractivity contribution is 9.10. The monoisotopic (exact) mass is 461 g/mol. The quantitative estimate of drug-likeness (QED) is 0.466. The second-order valence-electron chi connectivity index (χ2n) is 5.05. The van der Waals surface area contributed by atoms with Crippen molar-refractivity contribution in [2.24, 2.45) is 0 Å². The lowest BCUT2D eigenvalue weighted by Crippen LogP contribution is -2.43. The molecule has 2 rings (SSSR count). The zero-order valence-corrected chi connectivity index (χ0v) is 17.1. The van der Waals surface area contributed by atoms with E-state index in [1.54, 1.807) is 31.3 Å². The number of hydrogen-bond donors (Lipinski definition) is 2. The number of rotatable bonds is 8. The first kappa shape index (κ1) is 20.6. The van der Waals surface area contributed by atoms with Gasteiger partial charge in [0.25, 0.3) is 5.91 Å². The molecule has 0 aliphatic carbocycles. The second kappa shape index (κ2) is 9.84. The molecule has 0 saturated carbocycles. The molecule has 1 aromatic carbocycles. The molecule has 1 amide bonds. The summed E-state index contributed by atoms with van der Waals surface area (Å²) in [5.74, 6) is -0.425. The first-order valence-electron chi connectivity index (χ1n) is 7.64. The van der Waals surface area contributed by atoms with Gasteiger partial charge in [0, 0.05) is 16.4 Å². The molecule has 7 nitrogen and oxygen atoms in total. The van der Waals surface area contributed by atoms with Crippen LogP contribution < -0.4 is 10.1 Å². The van der Waals surface area contributed by atoms with E-state index in [1.165, 1.54) is 10.7 Å². The van der Waals surface area contributed by atoms with Gasteiger partial charge in [-0.3, -0.25) is 4.79 Å². The van der Waals surface area contributed by atoms with Crippen molar-refractivity contribution in [2.45, 2.75) is 19.7 Å². The number of thiol groups is 1. The molecule has 0 fully saturated rings. The normalized spacial score (nSPS) is 11.7. The van der Waals surface area contributed by atoms with Crippen LogP contribution in [-0.2, 0) is 16.3 Å². The van der Waals surface area contributed by atoms with E-state index >= 15 is 0 Å². The van der Waals surface area contributed by atoms with E-state index in [1.807, 2.05) is 0 Å². The van der Waals surface area contributed by atoms with E-state index < -0.39 is 17.9 Å². The van der Waals surface area contributed by atoms with Gasteiger partial charge in [0.15, 0.2) is 6.73 Å². The molecule has 1 atom stereocenters. The fourth-order valence-electron chi connectivity index (χ4n) is 1.94. The Morgan fingerprint density at radius 1 is 1.42 bits per heavy atom. The number of carbonyl (C=O) groups is 2. The van der Waals surface area contributed by atoms with E-state index in [0.29, 0.717) is 10.8 Å². The van der Waals surface area contributed by atoms with Crippen LogP contribution in [0, 0.1) is 0 Å². The summed E-state index contributed by atoms with van der Waals surface area (Å²) >= 11 is 13.5. The minimum atomic E-state index is -0.839. The largest absolute Gasteiger partial charge is 0.470 e. The Balaban J connectivity index is 1.95. The van der Waals surface area contributed by atoms with Gasteiger partial charge in [-0.25, -0.2) is 9.48 Å². The first-order chi connectivity index (χ1) is 12.4. The van der Waals surface area contributed by atoms with Crippen molar-refractivity contribution >= 4 is 52.0 Å². The molecule has 140 valence electrons. The van der Waals surface area contributed by atoms with Gasteiger partial charge in [-0.15, -0.1) is 0 Å². The standard InChI is InChI=1S/C16H17BrClN3O4S/c1-2-24-16(23)13(8-26)19-15(22)12-5-6-21(20-12)9-25-14-4-3-10(17)7-11(14)18/h3-7,13,26H,2,8-9H2,1H3,(H,19,22)/t13-/m0/s1. The maximum Gasteiger partial charge on any atom is 0.329 e. The lowest BCUT2D eigenvalue weighted by molar-refractivity contribution is -0.144. The van der Waals surface area contributed by atoms with E-state index in [2.05, 4.69) is 39.0 Å². The van der Waals surface area contributed by atoms with Crippen molar-refractivity contribution < 1.29 is 19.1 Å².